The number of halogens is 3. The molecule has 2 aromatic carbocycles. The van der Waals surface area contributed by atoms with Crippen molar-refractivity contribution in [3.63, 3.8) is 0 Å². The number of hydrogen-bond acceptors (Lipinski definition) is 3. The van der Waals surface area contributed by atoms with Gasteiger partial charge in [0.1, 0.15) is 5.75 Å². The molecular formula is C16H10F3NO3. The number of alkyl halides is 3. The van der Waals surface area contributed by atoms with Gasteiger partial charge in [0.15, 0.2) is 0 Å². The summed E-state index contributed by atoms with van der Waals surface area (Å²) < 4.78 is 40.1. The van der Waals surface area contributed by atoms with E-state index in [0.717, 1.165) is 17.0 Å². The molecule has 0 saturated heterocycles. The van der Waals surface area contributed by atoms with Gasteiger partial charge < -0.3 is 4.74 Å². The molecule has 3 rings (SSSR count). The number of hydrogen-bond donors (Lipinski definition) is 0. The van der Waals surface area contributed by atoms with Crippen molar-refractivity contribution < 1.29 is 27.5 Å². The molecule has 23 heavy (non-hydrogen) atoms. The van der Waals surface area contributed by atoms with E-state index in [1.54, 1.807) is 24.3 Å². The number of amides is 2. The van der Waals surface area contributed by atoms with Crippen LogP contribution in [-0.2, 0) is 6.54 Å². The van der Waals surface area contributed by atoms with E-state index in [1.807, 2.05) is 0 Å². The molecule has 0 fully saturated rings. The number of fused-ring (bicyclic) bond motifs is 1. The van der Waals surface area contributed by atoms with E-state index in [4.69, 9.17) is 0 Å². The highest BCUT2D eigenvalue weighted by Crippen LogP contribution is 2.26. The Labute approximate surface area is 129 Å². The fraction of sp³-hybridized carbons (Fsp3) is 0.125. The second kappa shape index (κ2) is 5.42. The summed E-state index contributed by atoms with van der Waals surface area (Å²) in [5.41, 5.74) is 1.18. The molecule has 0 aromatic heterocycles. The van der Waals surface area contributed by atoms with Gasteiger partial charge in [0.25, 0.3) is 11.8 Å². The molecular weight excluding hydrogens is 311 g/mol. The smallest absolute Gasteiger partial charge is 0.406 e. The van der Waals surface area contributed by atoms with E-state index in [-0.39, 0.29) is 12.3 Å². The fourth-order valence-corrected chi connectivity index (χ4v) is 2.36. The maximum Gasteiger partial charge on any atom is 0.573 e. The lowest BCUT2D eigenvalue weighted by atomic mass is 10.1. The second-order valence-corrected chi connectivity index (χ2v) is 4.93. The van der Waals surface area contributed by atoms with Gasteiger partial charge >= 0.3 is 6.36 Å². The molecule has 1 aliphatic heterocycles. The Morgan fingerprint density at radius 1 is 0.870 bits per heavy atom. The second-order valence-electron chi connectivity index (χ2n) is 4.93. The normalized spacial score (nSPS) is 14.1. The third-order valence-corrected chi connectivity index (χ3v) is 3.38. The largest absolute Gasteiger partial charge is 0.573 e. The Morgan fingerprint density at radius 2 is 1.39 bits per heavy atom. The Balaban J connectivity index is 1.76. The molecule has 4 nitrogen and oxygen atoms in total. The van der Waals surface area contributed by atoms with Crippen molar-refractivity contribution in [3.8, 4) is 5.75 Å². The maximum absolute atomic E-state index is 12.2. The molecule has 7 heteroatoms. The molecule has 1 heterocycles. The zero-order valence-corrected chi connectivity index (χ0v) is 11.6. The molecule has 2 aromatic rings. The summed E-state index contributed by atoms with van der Waals surface area (Å²) in [6, 6.07) is 11.5. The molecule has 118 valence electrons. The molecule has 0 radical (unpaired) electrons. The average molecular weight is 321 g/mol. The van der Waals surface area contributed by atoms with Crippen LogP contribution in [0.4, 0.5) is 13.2 Å². The number of rotatable bonds is 3. The SMILES string of the molecule is O=C1c2ccccc2C(=O)N1Cc1ccc(OC(F)(F)F)cc1. The van der Waals surface area contributed by atoms with Crippen LogP contribution in [0.5, 0.6) is 5.75 Å². The van der Waals surface area contributed by atoms with Gasteiger partial charge in [-0.15, -0.1) is 13.2 Å². The van der Waals surface area contributed by atoms with Gasteiger partial charge in [-0.1, -0.05) is 24.3 Å². The van der Waals surface area contributed by atoms with E-state index in [0.29, 0.717) is 16.7 Å². The van der Waals surface area contributed by atoms with E-state index in [1.165, 1.54) is 12.1 Å². The first-order chi connectivity index (χ1) is 10.8. The number of carbonyl (C=O) groups is 2. The standard InChI is InChI=1S/C16H10F3NO3/c17-16(18,19)23-11-7-5-10(6-8-11)9-20-14(21)12-3-1-2-4-13(12)15(20)22/h1-8H,9H2. The number of imide groups is 1. The van der Waals surface area contributed by atoms with Gasteiger partial charge in [-0.2, -0.15) is 0 Å². The van der Waals surface area contributed by atoms with Crippen molar-refractivity contribution in [1.29, 1.82) is 0 Å². The van der Waals surface area contributed by atoms with Gasteiger partial charge in [0, 0.05) is 0 Å². The molecule has 0 N–H and O–H groups in total. The van der Waals surface area contributed by atoms with Crippen molar-refractivity contribution in [1.82, 2.24) is 4.90 Å². The molecule has 0 spiro atoms. The first-order valence-electron chi connectivity index (χ1n) is 6.65. The molecule has 0 aliphatic carbocycles. The Morgan fingerprint density at radius 3 is 1.87 bits per heavy atom. The molecule has 2 amide bonds. The third kappa shape index (κ3) is 3.03. The molecule has 0 bridgehead atoms. The van der Waals surface area contributed by atoms with Gasteiger partial charge in [-0.25, -0.2) is 0 Å². The number of benzene rings is 2. The Hall–Kier alpha value is -2.83. The predicted octanol–water partition coefficient (Wildman–Crippen LogP) is 3.38. The Bertz CT molecular complexity index is 734. The summed E-state index contributed by atoms with van der Waals surface area (Å²) in [5, 5.41) is 0. The van der Waals surface area contributed by atoms with Crippen LogP contribution in [-0.4, -0.2) is 23.1 Å². The van der Waals surface area contributed by atoms with Crippen LogP contribution in [0.1, 0.15) is 26.3 Å². The minimum absolute atomic E-state index is 0.0152. The number of ether oxygens (including phenoxy) is 1. The van der Waals surface area contributed by atoms with Crippen LogP contribution in [0.2, 0.25) is 0 Å². The van der Waals surface area contributed by atoms with Crippen LogP contribution in [0.3, 0.4) is 0 Å². The maximum atomic E-state index is 12.2. The summed E-state index contributed by atoms with van der Waals surface area (Å²) >= 11 is 0. The van der Waals surface area contributed by atoms with Crippen molar-refractivity contribution in [2.24, 2.45) is 0 Å². The summed E-state index contributed by atoms with van der Waals surface area (Å²) in [6.07, 6.45) is -4.76. The van der Waals surface area contributed by atoms with Gasteiger partial charge in [-0.05, 0) is 29.8 Å². The fourth-order valence-electron chi connectivity index (χ4n) is 2.36. The van der Waals surface area contributed by atoms with Crippen LogP contribution in [0.15, 0.2) is 48.5 Å². The van der Waals surface area contributed by atoms with Gasteiger partial charge in [-0.3, -0.25) is 14.5 Å². The minimum Gasteiger partial charge on any atom is -0.406 e. The summed E-state index contributed by atoms with van der Waals surface area (Å²) in [4.78, 5) is 25.5. The number of nitrogens with zero attached hydrogens (tertiary/aromatic N) is 1. The highest BCUT2D eigenvalue weighted by Gasteiger charge is 2.35. The predicted molar refractivity (Wildman–Crippen MR) is 73.8 cm³/mol. The van der Waals surface area contributed by atoms with E-state index in [2.05, 4.69) is 4.74 Å². The third-order valence-electron chi connectivity index (χ3n) is 3.38. The first kappa shape index (κ1) is 15.1. The lowest BCUT2D eigenvalue weighted by Gasteiger charge is -2.14. The van der Waals surface area contributed by atoms with Crippen LogP contribution in [0, 0.1) is 0 Å². The summed E-state index contributed by atoms with van der Waals surface area (Å²) in [7, 11) is 0. The van der Waals surface area contributed by atoms with Gasteiger partial charge in [0.2, 0.25) is 0 Å². The van der Waals surface area contributed by atoms with Gasteiger partial charge in [0.05, 0.1) is 17.7 Å². The van der Waals surface area contributed by atoms with Crippen molar-refractivity contribution in [3.05, 3.63) is 65.2 Å². The lowest BCUT2D eigenvalue weighted by molar-refractivity contribution is -0.274. The van der Waals surface area contributed by atoms with E-state index < -0.39 is 18.2 Å². The van der Waals surface area contributed by atoms with Crippen LogP contribution in [0.25, 0.3) is 0 Å². The van der Waals surface area contributed by atoms with E-state index >= 15 is 0 Å². The van der Waals surface area contributed by atoms with Crippen molar-refractivity contribution >= 4 is 11.8 Å². The van der Waals surface area contributed by atoms with Crippen molar-refractivity contribution in [2.75, 3.05) is 0 Å². The Kier molecular flexibility index (Phi) is 3.55. The zero-order chi connectivity index (χ0) is 16.6. The van der Waals surface area contributed by atoms with Crippen LogP contribution < -0.4 is 4.74 Å². The highest BCUT2D eigenvalue weighted by molar-refractivity contribution is 6.21. The molecule has 0 saturated carbocycles. The van der Waals surface area contributed by atoms with Crippen molar-refractivity contribution in [2.45, 2.75) is 12.9 Å². The van der Waals surface area contributed by atoms with E-state index in [9.17, 15) is 22.8 Å². The highest BCUT2D eigenvalue weighted by atomic mass is 19.4. The molecule has 0 atom stereocenters. The van der Waals surface area contributed by atoms with Crippen LogP contribution >= 0.6 is 0 Å². The molecule has 0 unspecified atom stereocenters. The first-order valence-corrected chi connectivity index (χ1v) is 6.65. The minimum atomic E-state index is -4.76. The zero-order valence-electron chi connectivity index (χ0n) is 11.6. The lowest BCUT2D eigenvalue weighted by Crippen LogP contribution is -2.29. The summed E-state index contributed by atoms with van der Waals surface area (Å²) in [6.45, 7) is -0.0152. The molecule has 1 aliphatic rings. The number of carbonyl (C=O) groups excluding carboxylic acids is 2. The quantitative estimate of drug-likeness (QED) is 0.814. The topological polar surface area (TPSA) is 46.6 Å². The average Bonchev–Trinajstić information content (AvgIpc) is 2.73. The summed E-state index contributed by atoms with van der Waals surface area (Å²) in [5.74, 6) is -1.19. The monoisotopic (exact) mass is 321 g/mol.